The summed E-state index contributed by atoms with van der Waals surface area (Å²) in [5.74, 6) is 1.22. The van der Waals surface area contributed by atoms with Crippen LogP contribution >= 0.6 is 0 Å². The summed E-state index contributed by atoms with van der Waals surface area (Å²) in [6.45, 7) is 0.622. The zero-order valence-corrected chi connectivity index (χ0v) is 17.0. The molecule has 4 rings (SSSR count). The molecule has 1 aromatic heterocycles. The minimum Gasteiger partial charge on any atom is -0.493 e. The van der Waals surface area contributed by atoms with Crippen molar-refractivity contribution in [3.63, 3.8) is 0 Å². The van der Waals surface area contributed by atoms with E-state index in [9.17, 15) is 13.2 Å². The molecular weight excluding hydrogens is 378 g/mol. The Hall–Kier alpha value is -2.12. The number of hydrogen-bond acceptors (Lipinski definition) is 5. The summed E-state index contributed by atoms with van der Waals surface area (Å²) >= 11 is 0. The molecule has 0 aliphatic heterocycles. The number of benzene rings is 1. The van der Waals surface area contributed by atoms with Gasteiger partial charge in [-0.2, -0.15) is 8.42 Å². The third kappa shape index (κ3) is 3.61. The van der Waals surface area contributed by atoms with Crippen LogP contribution < -0.4 is 10.3 Å². The lowest BCUT2D eigenvalue weighted by Gasteiger charge is -2.22. The van der Waals surface area contributed by atoms with Gasteiger partial charge in [-0.15, -0.1) is 0 Å². The lowest BCUT2D eigenvalue weighted by molar-refractivity contribution is 0.300. The Morgan fingerprint density at radius 3 is 2.50 bits per heavy atom. The zero-order valence-electron chi connectivity index (χ0n) is 16.2. The van der Waals surface area contributed by atoms with Crippen LogP contribution in [0.25, 0.3) is 11.1 Å². The highest BCUT2D eigenvalue weighted by Gasteiger charge is 2.25. The van der Waals surface area contributed by atoms with Gasteiger partial charge in [0, 0.05) is 29.9 Å². The number of aryl methyl sites for hydroxylation is 1. The van der Waals surface area contributed by atoms with E-state index in [0.29, 0.717) is 23.8 Å². The van der Waals surface area contributed by atoms with Crippen molar-refractivity contribution in [1.29, 1.82) is 0 Å². The van der Waals surface area contributed by atoms with E-state index in [1.807, 2.05) is 0 Å². The molecule has 0 amide bonds. The van der Waals surface area contributed by atoms with Crippen LogP contribution in [0.3, 0.4) is 0 Å². The highest BCUT2D eigenvalue weighted by Crippen LogP contribution is 2.38. The van der Waals surface area contributed by atoms with Crippen molar-refractivity contribution in [2.45, 2.75) is 43.4 Å². The molecule has 0 atom stereocenters. The maximum Gasteiger partial charge on any atom is 0.296 e. The maximum atomic E-state index is 12.6. The van der Waals surface area contributed by atoms with Gasteiger partial charge in [0.05, 0.1) is 18.6 Å². The molecule has 0 bridgehead atoms. The second-order valence-electron chi connectivity index (χ2n) is 7.66. The summed E-state index contributed by atoms with van der Waals surface area (Å²) in [5.41, 5.74) is 3.44. The standard InChI is InChI=1S/C21H25NO5S/c1-22-12-19(16-5-3-4-6-17(16)21(22)23)18-11-15(28(24,25)26-2)9-10-20(18)27-13-14-7-8-14/h9-12,14H,3-8,13H2,1-2H3. The fourth-order valence-corrected chi connectivity index (χ4v) is 4.49. The fraction of sp³-hybridized carbons (Fsp3) is 0.476. The number of hydrogen-bond donors (Lipinski definition) is 0. The average Bonchev–Trinajstić information content (AvgIpc) is 3.53. The highest BCUT2D eigenvalue weighted by molar-refractivity contribution is 7.86. The fourth-order valence-electron chi connectivity index (χ4n) is 3.80. The molecule has 2 aliphatic rings. The molecule has 1 aromatic carbocycles. The number of rotatable bonds is 6. The van der Waals surface area contributed by atoms with E-state index in [0.717, 1.165) is 49.5 Å². The van der Waals surface area contributed by atoms with Crippen LogP contribution in [0, 0.1) is 5.92 Å². The molecule has 1 heterocycles. The lowest BCUT2D eigenvalue weighted by Crippen LogP contribution is -2.25. The van der Waals surface area contributed by atoms with Crippen molar-refractivity contribution in [3.05, 3.63) is 45.9 Å². The number of nitrogens with zero attached hydrogens (tertiary/aromatic N) is 1. The molecule has 1 fully saturated rings. The van der Waals surface area contributed by atoms with E-state index in [1.54, 1.807) is 29.9 Å². The van der Waals surface area contributed by atoms with Gasteiger partial charge in [0.2, 0.25) is 0 Å². The predicted molar refractivity (Wildman–Crippen MR) is 106 cm³/mol. The van der Waals surface area contributed by atoms with Crippen molar-refractivity contribution in [3.8, 4) is 16.9 Å². The van der Waals surface area contributed by atoms with Crippen molar-refractivity contribution < 1.29 is 17.3 Å². The molecule has 0 unspecified atom stereocenters. The van der Waals surface area contributed by atoms with Crippen LogP contribution in [0.5, 0.6) is 5.75 Å². The van der Waals surface area contributed by atoms with Crippen LogP contribution in [-0.2, 0) is 34.2 Å². The molecule has 2 aromatic rings. The number of fused-ring (bicyclic) bond motifs is 1. The second kappa shape index (κ2) is 7.37. The molecule has 0 N–H and O–H groups in total. The van der Waals surface area contributed by atoms with Crippen LogP contribution in [0.15, 0.2) is 34.1 Å². The van der Waals surface area contributed by atoms with Gasteiger partial charge in [0.1, 0.15) is 5.75 Å². The number of ether oxygens (including phenoxy) is 1. The Morgan fingerprint density at radius 1 is 1.11 bits per heavy atom. The van der Waals surface area contributed by atoms with Gasteiger partial charge in [0.25, 0.3) is 15.7 Å². The molecule has 7 heteroatoms. The summed E-state index contributed by atoms with van der Waals surface area (Å²) < 4.78 is 36.9. The molecular formula is C21H25NO5S. The summed E-state index contributed by atoms with van der Waals surface area (Å²) in [4.78, 5) is 12.7. The Balaban J connectivity index is 1.90. The normalized spacial score (nSPS) is 16.6. The Kier molecular flexibility index (Phi) is 5.05. The van der Waals surface area contributed by atoms with E-state index >= 15 is 0 Å². The molecule has 1 saturated carbocycles. The average molecular weight is 404 g/mol. The number of pyridine rings is 1. The summed E-state index contributed by atoms with van der Waals surface area (Å²) in [7, 11) is -0.937. The van der Waals surface area contributed by atoms with E-state index < -0.39 is 10.1 Å². The van der Waals surface area contributed by atoms with Crippen molar-refractivity contribution in [2.24, 2.45) is 13.0 Å². The SMILES string of the molecule is COS(=O)(=O)c1ccc(OCC2CC2)c(-c2cn(C)c(=O)c3c2CCCC3)c1. The Labute approximate surface area is 165 Å². The summed E-state index contributed by atoms with van der Waals surface area (Å²) in [6.07, 6.45) is 7.71. The highest BCUT2D eigenvalue weighted by atomic mass is 32.2. The van der Waals surface area contributed by atoms with Gasteiger partial charge in [0.15, 0.2) is 0 Å². The minimum atomic E-state index is -3.83. The minimum absolute atomic E-state index is 0.0274. The maximum absolute atomic E-state index is 12.6. The third-order valence-electron chi connectivity index (χ3n) is 5.61. The third-order valence-corrected chi connectivity index (χ3v) is 6.89. The smallest absolute Gasteiger partial charge is 0.296 e. The Bertz CT molecular complexity index is 1070. The van der Waals surface area contributed by atoms with E-state index in [2.05, 4.69) is 0 Å². The van der Waals surface area contributed by atoms with Gasteiger partial charge >= 0.3 is 0 Å². The quantitative estimate of drug-likeness (QED) is 0.693. The van der Waals surface area contributed by atoms with Gasteiger partial charge in [-0.05, 0) is 68.2 Å². The Morgan fingerprint density at radius 2 is 1.82 bits per heavy atom. The summed E-state index contributed by atoms with van der Waals surface area (Å²) in [5, 5.41) is 0. The first-order valence-corrected chi connectivity index (χ1v) is 11.1. The van der Waals surface area contributed by atoms with Crippen LogP contribution in [0.2, 0.25) is 0 Å². The first-order valence-electron chi connectivity index (χ1n) is 9.70. The molecule has 150 valence electrons. The summed E-state index contributed by atoms with van der Waals surface area (Å²) in [6, 6.07) is 4.82. The van der Waals surface area contributed by atoms with Gasteiger partial charge in [-0.25, -0.2) is 0 Å². The molecule has 28 heavy (non-hydrogen) atoms. The van der Waals surface area contributed by atoms with Crippen molar-refractivity contribution in [2.75, 3.05) is 13.7 Å². The van der Waals surface area contributed by atoms with E-state index in [1.165, 1.54) is 18.9 Å². The van der Waals surface area contributed by atoms with Gasteiger partial charge in [-0.1, -0.05) is 0 Å². The predicted octanol–water partition coefficient (Wildman–Crippen LogP) is 3.06. The zero-order chi connectivity index (χ0) is 19.9. The molecule has 6 nitrogen and oxygen atoms in total. The topological polar surface area (TPSA) is 74.6 Å². The molecule has 0 spiro atoms. The van der Waals surface area contributed by atoms with Crippen molar-refractivity contribution in [1.82, 2.24) is 4.57 Å². The first-order chi connectivity index (χ1) is 13.4. The monoisotopic (exact) mass is 403 g/mol. The van der Waals surface area contributed by atoms with Crippen LogP contribution in [0.4, 0.5) is 0 Å². The van der Waals surface area contributed by atoms with Gasteiger partial charge < -0.3 is 9.30 Å². The van der Waals surface area contributed by atoms with Crippen LogP contribution in [0.1, 0.15) is 36.8 Å². The van der Waals surface area contributed by atoms with Gasteiger partial charge in [-0.3, -0.25) is 8.98 Å². The lowest BCUT2D eigenvalue weighted by atomic mass is 9.87. The molecule has 2 aliphatic carbocycles. The van der Waals surface area contributed by atoms with E-state index in [4.69, 9.17) is 8.92 Å². The molecule has 0 radical (unpaired) electrons. The van der Waals surface area contributed by atoms with E-state index in [-0.39, 0.29) is 10.5 Å². The largest absolute Gasteiger partial charge is 0.493 e. The van der Waals surface area contributed by atoms with Crippen LogP contribution in [-0.4, -0.2) is 26.7 Å². The van der Waals surface area contributed by atoms with Crippen molar-refractivity contribution >= 4 is 10.1 Å². The first kappa shape index (κ1) is 19.2. The number of aromatic nitrogens is 1. The second-order valence-corrected chi connectivity index (χ2v) is 9.37. The molecule has 0 saturated heterocycles.